The standard InChI is InChI=1S/C14H19ClO4/c1-8-4-5-19-14(8)13(16)9-6-11(17-2)12(18-3)7-10(9)15/h6-8,13-14,16H,4-5H2,1-3H3. The van der Waals surface area contributed by atoms with Crippen LogP contribution in [-0.2, 0) is 4.74 Å². The highest BCUT2D eigenvalue weighted by atomic mass is 35.5. The smallest absolute Gasteiger partial charge is 0.162 e. The average molecular weight is 287 g/mol. The van der Waals surface area contributed by atoms with Crippen LogP contribution in [0.25, 0.3) is 0 Å². The van der Waals surface area contributed by atoms with Gasteiger partial charge < -0.3 is 19.3 Å². The van der Waals surface area contributed by atoms with Gasteiger partial charge in [0, 0.05) is 18.2 Å². The molecule has 1 heterocycles. The zero-order valence-electron chi connectivity index (χ0n) is 11.4. The van der Waals surface area contributed by atoms with Crippen LogP contribution in [0, 0.1) is 5.92 Å². The molecule has 0 radical (unpaired) electrons. The van der Waals surface area contributed by atoms with Gasteiger partial charge in [0.2, 0.25) is 0 Å². The Balaban J connectivity index is 2.33. The molecule has 1 aromatic rings. The lowest BCUT2D eigenvalue weighted by Gasteiger charge is -2.23. The first-order valence-corrected chi connectivity index (χ1v) is 6.67. The van der Waals surface area contributed by atoms with Gasteiger partial charge in [0.1, 0.15) is 6.10 Å². The lowest BCUT2D eigenvalue weighted by molar-refractivity contribution is -0.0178. The van der Waals surface area contributed by atoms with E-state index in [0.717, 1.165) is 6.42 Å². The third kappa shape index (κ3) is 2.81. The van der Waals surface area contributed by atoms with Gasteiger partial charge in [0.05, 0.1) is 25.3 Å². The Labute approximate surface area is 118 Å². The van der Waals surface area contributed by atoms with E-state index in [-0.39, 0.29) is 6.10 Å². The average Bonchev–Trinajstić information content (AvgIpc) is 2.83. The molecule has 1 aromatic carbocycles. The number of hydrogen-bond donors (Lipinski definition) is 1. The molecule has 1 aliphatic rings. The van der Waals surface area contributed by atoms with E-state index >= 15 is 0 Å². The van der Waals surface area contributed by atoms with Gasteiger partial charge in [-0.25, -0.2) is 0 Å². The Hall–Kier alpha value is -0.970. The Morgan fingerprint density at radius 3 is 2.47 bits per heavy atom. The van der Waals surface area contributed by atoms with Crippen molar-refractivity contribution in [2.45, 2.75) is 25.6 Å². The van der Waals surface area contributed by atoms with Crippen LogP contribution in [0.15, 0.2) is 12.1 Å². The number of rotatable bonds is 4. The fourth-order valence-electron chi connectivity index (χ4n) is 2.39. The van der Waals surface area contributed by atoms with Crippen molar-refractivity contribution < 1.29 is 19.3 Å². The molecule has 19 heavy (non-hydrogen) atoms. The third-order valence-electron chi connectivity index (χ3n) is 3.58. The first-order valence-electron chi connectivity index (χ1n) is 6.29. The summed E-state index contributed by atoms with van der Waals surface area (Å²) in [5.41, 5.74) is 0.609. The lowest BCUT2D eigenvalue weighted by atomic mass is 9.94. The highest BCUT2D eigenvalue weighted by molar-refractivity contribution is 6.31. The summed E-state index contributed by atoms with van der Waals surface area (Å²) in [6, 6.07) is 3.36. The Kier molecular flexibility index (Phi) is 4.55. The minimum absolute atomic E-state index is 0.226. The molecule has 0 bridgehead atoms. The van der Waals surface area contributed by atoms with E-state index in [1.165, 1.54) is 0 Å². The van der Waals surface area contributed by atoms with Gasteiger partial charge in [-0.05, 0) is 18.4 Å². The molecule has 0 aromatic heterocycles. The van der Waals surface area contributed by atoms with E-state index in [0.29, 0.717) is 34.6 Å². The third-order valence-corrected chi connectivity index (χ3v) is 3.90. The monoisotopic (exact) mass is 286 g/mol. The Bertz CT molecular complexity index is 449. The van der Waals surface area contributed by atoms with Crippen molar-refractivity contribution in [1.29, 1.82) is 0 Å². The maximum Gasteiger partial charge on any atom is 0.162 e. The van der Waals surface area contributed by atoms with Gasteiger partial charge in [-0.2, -0.15) is 0 Å². The zero-order valence-corrected chi connectivity index (χ0v) is 12.1. The van der Waals surface area contributed by atoms with Crippen LogP contribution >= 0.6 is 11.6 Å². The summed E-state index contributed by atoms with van der Waals surface area (Å²) in [6.07, 6.45) is -0.0347. The van der Waals surface area contributed by atoms with Crippen LogP contribution in [0.5, 0.6) is 11.5 Å². The van der Waals surface area contributed by atoms with E-state index in [2.05, 4.69) is 6.92 Å². The Morgan fingerprint density at radius 1 is 1.32 bits per heavy atom. The summed E-state index contributed by atoms with van der Waals surface area (Å²) in [4.78, 5) is 0. The largest absolute Gasteiger partial charge is 0.493 e. The first kappa shape index (κ1) is 14.4. The minimum Gasteiger partial charge on any atom is -0.493 e. The summed E-state index contributed by atoms with van der Waals surface area (Å²) >= 11 is 6.21. The van der Waals surface area contributed by atoms with Crippen molar-refractivity contribution in [1.82, 2.24) is 0 Å². The highest BCUT2D eigenvalue weighted by Gasteiger charge is 2.33. The number of benzene rings is 1. The molecule has 0 saturated carbocycles. The van der Waals surface area contributed by atoms with Crippen LogP contribution in [0.4, 0.5) is 0 Å². The predicted molar refractivity (Wildman–Crippen MR) is 73.0 cm³/mol. The van der Waals surface area contributed by atoms with Crippen molar-refractivity contribution >= 4 is 11.6 Å². The molecule has 3 atom stereocenters. The molecule has 0 spiro atoms. The SMILES string of the molecule is COc1cc(Cl)c(C(O)C2OCCC2C)cc1OC. The zero-order chi connectivity index (χ0) is 14.0. The summed E-state index contributed by atoms with van der Waals surface area (Å²) in [6.45, 7) is 2.74. The second-order valence-corrected chi connectivity index (χ2v) is 5.18. The molecule has 2 rings (SSSR count). The molecule has 1 aliphatic heterocycles. The molecule has 5 heteroatoms. The van der Waals surface area contributed by atoms with Gasteiger partial charge >= 0.3 is 0 Å². The highest BCUT2D eigenvalue weighted by Crippen LogP contribution is 2.39. The number of methoxy groups -OCH3 is 2. The van der Waals surface area contributed by atoms with Gasteiger partial charge in [-0.1, -0.05) is 18.5 Å². The summed E-state index contributed by atoms with van der Waals surface area (Å²) < 4.78 is 16.0. The molecule has 1 N–H and O–H groups in total. The van der Waals surface area contributed by atoms with Crippen molar-refractivity contribution in [2.75, 3.05) is 20.8 Å². The number of hydrogen-bond acceptors (Lipinski definition) is 4. The number of aliphatic hydroxyl groups is 1. The van der Waals surface area contributed by atoms with Crippen molar-refractivity contribution in [3.63, 3.8) is 0 Å². The molecule has 3 unspecified atom stereocenters. The lowest BCUT2D eigenvalue weighted by Crippen LogP contribution is -2.23. The fourth-order valence-corrected chi connectivity index (χ4v) is 2.66. The van der Waals surface area contributed by atoms with E-state index < -0.39 is 6.10 Å². The molecule has 0 aliphatic carbocycles. The molecule has 1 saturated heterocycles. The summed E-state index contributed by atoms with van der Waals surface area (Å²) in [7, 11) is 3.10. The van der Waals surface area contributed by atoms with Crippen LogP contribution in [0.2, 0.25) is 5.02 Å². The first-order chi connectivity index (χ1) is 9.08. The van der Waals surface area contributed by atoms with Crippen molar-refractivity contribution in [3.8, 4) is 11.5 Å². The van der Waals surface area contributed by atoms with Gasteiger partial charge in [0.25, 0.3) is 0 Å². The second-order valence-electron chi connectivity index (χ2n) is 4.77. The van der Waals surface area contributed by atoms with E-state index in [4.69, 9.17) is 25.8 Å². The van der Waals surface area contributed by atoms with E-state index in [1.54, 1.807) is 26.4 Å². The van der Waals surface area contributed by atoms with Gasteiger partial charge in [0.15, 0.2) is 11.5 Å². The molecule has 1 fully saturated rings. The molecular weight excluding hydrogens is 268 g/mol. The molecule has 106 valence electrons. The minimum atomic E-state index is -0.759. The second kappa shape index (κ2) is 5.99. The van der Waals surface area contributed by atoms with Crippen molar-refractivity contribution in [3.05, 3.63) is 22.7 Å². The van der Waals surface area contributed by atoms with Gasteiger partial charge in [-0.15, -0.1) is 0 Å². The normalized spacial score (nSPS) is 24.3. The number of ether oxygens (including phenoxy) is 3. The molecule has 0 amide bonds. The van der Waals surface area contributed by atoms with Crippen LogP contribution < -0.4 is 9.47 Å². The quantitative estimate of drug-likeness (QED) is 0.925. The van der Waals surface area contributed by atoms with Crippen LogP contribution in [-0.4, -0.2) is 32.0 Å². The number of halogens is 1. The summed E-state index contributed by atoms with van der Waals surface area (Å²) in [5, 5.41) is 10.9. The van der Waals surface area contributed by atoms with Crippen LogP contribution in [0.1, 0.15) is 25.0 Å². The summed E-state index contributed by atoms with van der Waals surface area (Å²) in [5.74, 6) is 1.40. The van der Waals surface area contributed by atoms with Gasteiger partial charge in [-0.3, -0.25) is 0 Å². The maximum atomic E-state index is 10.4. The van der Waals surface area contributed by atoms with E-state index in [9.17, 15) is 5.11 Å². The van der Waals surface area contributed by atoms with Crippen molar-refractivity contribution in [2.24, 2.45) is 5.92 Å². The molecular formula is C14H19ClO4. The fraction of sp³-hybridized carbons (Fsp3) is 0.571. The van der Waals surface area contributed by atoms with E-state index in [1.807, 2.05) is 0 Å². The maximum absolute atomic E-state index is 10.4. The molecule has 4 nitrogen and oxygen atoms in total. The predicted octanol–water partition coefficient (Wildman–Crippen LogP) is 2.82. The van der Waals surface area contributed by atoms with Crippen LogP contribution in [0.3, 0.4) is 0 Å². The number of aliphatic hydroxyl groups excluding tert-OH is 1. The Morgan fingerprint density at radius 2 is 1.95 bits per heavy atom. The topological polar surface area (TPSA) is 47.9 Å².